The van der Waals surface area contributed by atoms with Crippen LogP contribution < -0.4 is 10.6 Å². The molecule has 2 rings (SSSR count). The minimum atomic E-state index is -0.147. The lowest BCUT2D eigenvalue weighted by atomic mass is 10.1. The van der Waals surface area contributed by atoms with Crippen molar-refractivity contribution in [1.29, 1.82) is 0 Å². The highest BCUT2D eigenvalue weighted by atomic mass is 16.2. The van der Waals surface area contributed by atoms with E-state index in [1.807, 2.05) is 29.1 Å². The molecule has 1 aromatic heterocycles. The van der Waals surface area contributed by atoms with E-state index in [-0.39, 0.29) is 11.8 Å². The number of carbonyl (C=O) groups is 2. The van der Waals surface area contributed by atoms with Crippen LogP contribution >= 0.6 is 0 Å². The number of nitrogens with one attached hydrogen (secondary N) is 2. The molecule has 1 heterocycles. The Hall–Kier alpha value is -2.63. The molecule has 110 valence electrons. The summed E-state index contributed by atoms with van der Waals surface area (Å²) in [6, 6.07) is 9.25. The highest BCUT2D eigenvalue weighted by molar-refractivity contribution is 5.94. The fourth-order valence-corrected chi connectivity index (χ4v) is 1.86. The molecular formula is C15H18N4O2. The van der Waals surface area contributed by atoms with Crippen molar-refractivity contribution < 1.29 is 9.59 Å². The lowest BCUT2D eigenvalue weighted by Gasteiger charge is -2.07. The molecule has 0 unspecified atom stereocenters. The van der Waals surface area contributed by atoms with E-state index in [1.54, 1.807) is 18.3 Å². The summed E-state index contributed by atoms with van der Waals surface area (Å²) in [5, 5.41) is 9.51. The van der Waals surface area contributed by atoms with Gasteiger partial charge >= 0.3 is 0 Å². The molecule has 0 atom stereocenters. The monoisotopic (exact) mass is 286 g/mol. The molecule has 6 heteroatoms. The molecule has 0 saturated carbocycles. The number of hydrogen-bond donors (Lipinski definition) is 2. The molecule has 0 aliphatic carbocycles. The van der Waals surface area contributed by atoms with Crippen molar-refractivity contribution >= 4 is 11.8 Å². The molecule has 6 nitrogen and oxygen atoms in total. The van der Waals surface area contributed by atoms with Crippen LogP contribution in [0.1, 0.15) is 22.8 Å². The standard InChI is InChI=1S/C15H18N4O2/c1-12(20)16-8-9-17-15(21)14-5-3-13(4-6-14)11-19-10-2-7-18-19/h2-7,10H,8-9,11H2,1H3,(H,16,20)(H,17,21). The Morgan fingerprint density at radius 2 is 1.86 bits per heavy atom. The van der Waals surface area contributed by atoms with Gasteiger partial charge in [-0.25, -0.2) is 0 Å². The van der Waals surface area contributed by atoms with Gasteiger partial charge in [-0.05, 0) is 23.8 Å². The van der Waals surface area contributed by atoms with Gasteiger partial charge in [0.15, 0.2) is 0 Å². The quantitative estimate of drug-likeness (QED) is 0.771. The number of benzene rings is 1. The average molecular weight is 286 g/mol. The molecular weight excluding hydrogens is 268 g/mol. The summed E-state index contributed by atoms with van der Waals surface area (Å²) in [5.41, 5.74) is 1.68. The van der Waals surface area contributed by atoms with Crippen LogP contribution in [0, 0.1) is 0 Å². The Labute approximate surface area is 123 Å². The molecule has 0 aliphatic heterocycles. The van der Waals surface area contributed by atoms with Gasteiger partial charge in [0.2, 0.25) is 5.91 Å². The second kappa shape index (κ2) is 7.23. The third kappa shape index (κ3) is 4.76. The van der Waals surface area contributed by atoms with Crippen LogP contribution in [0.3, 0.4) is 0 Å². The topological polar surface area (TPSA) is 76.0 Å². The van der Waals surface area contributed by atoms with E-state index in [0.29, 0.717) is 25.2 Å². The Balaban J connectivity index is 1.83. The number of hydrogen-bond acceptors (Lipinski definition) is 3. The maximum absolute atomic E-state index is 11.9. The minimum absolute atomic E-state index is 0.104. The van der Waals surface area contributed by atoms with Gasteiger partial charge in [0.25, 0.3) is 5.91 Å². The molecule has 2 aromatic rings. The molecule has 0 aliphatic rings. The zero-order valence-corrected chi connectivity index (χ0v) is 11.9. The first-order valence-corrected chi connectivity index (χ1v) is 6.74. The number of aromatic nitrogens is 2. The molecule has 0 radical (unpaired) electrons. The fourth-order valence-electron chi connectivity index (χ4n) is 1.86. The molecule has 0 saturated heterocycles. The van der Waals surface area contributed by atoms with E-state index in [1.165, 1.54) is 6.92 Å². The molecule has 0 spiro atoms. The first kappa shape index (κ1) is 14.8. The summed E-state index contributed by atoms with van der Waals surface area (Å²) in [6.07, 6.45) is 3.62. The lowest BCUT2D eigenvalue weighted by Crippen LogP contribution is -2.33. The van der Waals surface area contributed by atoms with E-state index < -0.39 is 0 Å². The van der Waals surface area contributed by atoms with Gasteiger partial charge in [0.05, 0.1) is 6.54 Å². The Kier molecular flexibility index (Phi) is 5.09. The maximum atomic E-state index is 11.9. The second-order valence-corrected chi connectivity index (χ2v) is 4.64. The summed E-state index contributed by atoms with van der Waals surface area (Å²) in [4.78, 5) is 22.6. The van der Waals surface area contributed by atoms with Crippen molar-refractivity contribution in [3.8, 4) is 0 Å². The van der Waals surface area contributed by atoms with Gasteiger partial charge in [-0.1, -0.05) is 12.1 Å². The van der Waals surface area contributed by atoms with Crippen molar-refractivity contribution in [3.05, 3.63) is 53.9 Å². The van der Waals surface area contributed by atoms with Crippen molar-refractivity contribution in [2.45, 2.75) is 13.5 Å². The summed E-state index contributed by atoms with van der Waals surface area (Å²) in [7, 11) is 0. The fraction of sp³-hybridized carbons (Fsp3) is 0.267. The molecule has 0 fully saturated rings. The zero-order chi connectivity index (χ0) is 15.1. The highest BCUT2D eigenvalue weighted by Crippen LogP contribution is 2.06. The van der Waals surface area contributed by atoms with Crippen molar-refractivity contribution in [2.24, 2.45) is 0 Å². The van der Waals surface area contributed by atoms with E-state index in [0.717, 1.165) is 5.56 Å². The predicted molar refractivity (Wildman–Crippen MR) is 78.8 cm³/mol. The van der Waals surface area contributed by atoms with E-state index in [9.17, 15) is 9.59 Å². The first-order chi connectivity index (χ1) is 10.1. The normalized spacial score (nSPS) is 10.1. The van der Waals surface area contributed by atoms with Crippen LogP contribution in [0.25, 0.3) is 0 Å². The highest BCUT2D eigenvalue weighted by Gasteiger charge is 2.05. The van der Waals surface area contributed by atoms with E-state index >= 15 is 0 Å². The van der Waals surface area contributed by atoms with E-state index in [4.69, 9.17) is 0 Å². The summed E-state index contributed by atoms with van der Waals surface area (Å²) in [6.45, 7) is 2.96. The van der Waals surface area contributed by atoms with Crippen molar-refractivity contribution in [1.82, 2.24) is 20.4 Å². The summed E-state index contributed by atoms with van der Waals surface area (Å²) >= 11 is 0. The maximum Gasteiger partial charge on any atom is 0.251 e. The van der Waals surface area contributed by atoms with Crippen LogP contribution in [-0.2, 0) is 11.3 Å². The van der Waals surface area contributed by atoms with Crippen molar-refractivity contribution in [3.63, 3.8) is 0 Å². The Bertz CT molecular complexity index is 591. The van der Waals surface area contributed by atoms with Gasteiger partial charge in [0.1, 0.15) is 0 Å². The Morgan fingerprint density at radius 3 is 2.48 bits per heavy atom. The zero-order valence-electron chi connectivity index (χ0n) is 11.9. The molecule has 1 aromatic carbocycles. The van der Waals surface area contributed by atoms with Gasteiger partial charge in [-0.2, -0.15) is 5.10 Å². The third-order valence-corrected chi connectivity index (χ3v) is 2.90. The van der Waals surface area contributed by atoms with Crippen LogP contribution in [-0.4, -0.2) is 34.7 Å². The van der Waals surface area contributed by atoms with Crippen LogP contribution in [0.5, 0.6) is 0 Å². The van der Waals surface area contributed by atoms with Gasteiger partial charge in [0, 0.05) is 38.0 Å². The van der Waals surface area contributed by atoms with Gasteiger partial charge < -0.3 is 10.6 Å². The predicted octanol–water partition coefficient (Wildman–Crippen LogP) is 0.797. The molecule has 2 N–H and O–H groups in total. The first-order valence-electron chi connectivity index (χ1n) is 6.74. The largest absolute Gasteiger partial charge is 0.355 e. The van der Waals surface area contributed by atoms with Crippen LogP contribution in [0.4, 0.5) is 0 Å². The van der Waals surface area contributed by atoms with Gasteiger partial charge in [-0.3, -0.25) is 14.3 Å². The molecule has 2 amide bonds. The van der Waals surface area contributed by atoms with Gasteiger partial charge in [-0.15, -0.1) is 0 Å². The number of carbonyl (C=O) groups excluding carboxylic acids is 2. The molecule has 0 bridgehead atoms. The van der Waals surface area contributed by atoms with E-state index in [2.05, 4.69) is 15.7 Å². The number of rotatable bonds is 6. The molecule has 21 heavy (non-hydrogen) atoms. The van der Waals surface area contributed by atoms with Crippen molar-refractivity contribution in [2.75, 3.05) is 13.1 Å². The number of amides is 2. The van der Waals surface area contributed by atoms with Crippen LogP contribution in [0.2, 0.25) is 0 Å². The lowest BCUT2D eigenvalue weighted by molar-refractivity contribution is -0.118. The second-order valence-electron chi connectivity index (χ2n) is 4.64. The third-order valence-electron chi connectivity index (χ3n) is 2.90. The summed E-state index contributed by atoms with van der Waals surface area (Å²) < 4.78 is 1.82. The summed E-state index contributed by atoms with van der Waals surface area (Å²) in [5.74, 6) is -0.252. The SMILES string of the molecule is CC(=O)NCCNC(=O)c1ccc(Cn2cccn2)cc1. The Morgan fingerprint density at radius 1 is 1.14 bits per heavy atom. The number of nitrogens with zero attached hydrogens (tertiary/aromatic N) is 2. The smallest absolute Gasteiger partial charge is 0.251 e. The minimum Gasteiger partial charge on any atom is -0.355 e. The van der Waals surface area contributed by atoms with Crippen LogP contribution in [0.15, 0.2) is 42.7 Å². The average Bonchev–Trinajstić information content (AvgIpc) is 2.97.